The van der Waals surface area contributed by atoms with Crippen LogP contribution in [0.3, 0.4) is 0 Å². The van der Waals surface area contributed by atoms with Crippen LogP contribution < -0.4 is 16.7 Å². The Bertz CT molecular complexity index is 484. The molecule has 1 saturated heterocycles. The average molecular weight is 239 g/mol. The topological polar surface area (TPSA) is 93.9 Å². The zero-order chi connectivity index (χ0) is 12.4. The summed E-state index contributed by atoms with van der Waals surface area (Å²) in [6, 6.07) is 0.679. The molecule has 1 fully saturated rings. The molecule has 0 bridgehead atoms. The van der Waals surface area contributed by atoms with Crippen LogP contribution in [0.25, 0.3) is 0 Å². The summed E-state index contributed by atoms with van der Waals surface area (Å²) in [6.45, 7) is 4.20. The van der Waals surface area contributed by atoms with Gasteiger partial charge >= 0.3 is 5.69 Å². The van der Waals surface area contributed by atoms with E-state index in [9.17, 15) is 9.59 Å². The molecule has 2 rings (SSSR count). The summed E-state index contributed by atoms with van der Waals surface area (Å²) in [4.78, 5) is 24.5. The van der Waals surface area contributed by atoms with E-state index in [-0.39, 0.29) is 5.82 Å². The van der Waals surface area contributed by atoms with Gasteiger partial charge in [0.05, 0.1) is 0 Å². The van der Waals surface area contributed by atoms with E-state index in [1.165, 1.54) is 6.42 Å². The monoisotopic (exact) mass is 239 g/mol. The molecule has 2 heterocycles. The van der Waals surface area contributed by atoms with Crippen molar-refractivity contribution < 1.29 is 0 Å². The van der Waals surface area contributed by atoms with E-state index in [2.05, 4.69) is 34.5 Å². The summed E-state index contributed by atoms with van der Waals surface area (Å²) in [5, 5.41) is 7.93. The summed E-state index contributed by atoms with van der Waals surface area (Å²) in [5.74, 6) is 0.130. The Morgan fingerprint density at radius 2 is 1.94 bits per heavy atom. The van der Waals surface area contributed by atoms with Gasteiger partial charge in [-0.05, 0) is 26.7 Å². The van der Waals surface area contributed by atoms with Crippen LogP contribution in [0.1, 0.15) is 33.1 Å². The van der Waals surface area contributed by atoms with Crippen LogP contribution in [0.4, 0.5) is 5.82 Å². The second kappa shape index (κ2) is 4.70. The Labute approximate surface area is 98.2 Å². The van der Waals surface area contributed by atoms with Crippen LogP contribution in [-0.2, 0) is 0 Å². The molecule has 0 aromatic carbocycles. The summed E-state index contributed by atoms with van der Waals surface area (Å²) in [7, 11) is 0. The number of aromatic nitrogens is 3. The van der Waals surface area contributed by atoms with Gasteiger partial charge < -0.3 is 0 Å². The van der Waals surface area contributed by atoms with Crippen LogP contribution in [-0.4, -0.2) is 32.3 Å². The fraction of sp³-hybridized carbons (Fsp3) is 0.700. The van der Waals surface area contributed by atoms with Crippen molar-refractivity contribution >= 4 is 5.82 Å². The molecule has 17 heavy (non-hydrogen) atoms. The predicted molar refractivity (Wildman–Crippen MR) is 63.7 cm³/mol. The Morgan fingerprint density at radius 1 is 1.29 bits per heavy atom. The predicted octanol–water partition coefficient (Wildman–Crippen LogP) is 0.0480. The Balaban J connectivity index is 2.19. The van der Waals surface area contributed by atoms with E-state index in [0.717, 1.165) is 12.8 Å². The van der Waals surface area contributed by atoms with Gasteiger partial charge in [0.15, 0.2) is 0 Å². The molecule has 0 radical (unpaired) electrons. The molecule has 2 unspecified atom stereocenters. The van der Waals surface area contributed by atoms with E-state index in [1.54, 1.807) is 0 Å². The second-order valence-corrected chi connectivity index (χ2v) is 4.50. The lowest BCUT2D eigenvalue weighted by Gasteiger charge is -2.38. The number of H-pyrrole nitrogens is 2. The van der Waals surface area contributed by atoms with Gasteiger partial charge in [0, 0.05) is 12.1 Å². The van der Waals surface area contributed by atoms with E-state index in [0.29, 0.717) is 12.1 Å². The first-order chi connectivity index (χ1) is 8.08. The molecule has 0 amide bonds. The fourth-order valence-electron chi connectivity index (χ4n) is 2.19. The van der Waals surface area contributed by atoms with Gasteiger partial charge in [0.1, 0.15) is 0 Å². The summed E-state index contributed by atoms with van der Waals surface area (Å²) in [6.07, 6.45) is 3.35. The van der Waals surface area contributed by atoms with Crippen molar-refractivity contribution in [3.8, 4) is 0 Å². The molecule has 0 aliphatic carbocycles. The van der Waals surface area contributed by atoms with Crippen LogP contribution in [0.2, 0.25) is 0 Å². The van der Waals surface area contributed by atoms with Crippen LogP contribution in [0.5, 0.6) is 0 Å². The minimum absolute atomic E-state index is 0.130. The summed E-state index contributed by atoms with van der Waals surface area (Å²) in [5.41, 5.74) is 1.89. The number of hydrazine groups is 1. The minimum atomic E-state index is -0.597. The number of piperidine rings is 1. The van der Waals surface area contributed by atoms with Crippen molar-refractivity contribution in [2.45, 2.75) is 45.2 Å². The average Bonchev–Trinajstić information content (AvgIpc) is 2.26. The third-order valence-electron chi connectivity index (χ3n) is 3.14. The Morgan fingerprint density at radius 3 is 2.53 bits per heavy atom. The molecule has 0 spiro atoms. The van der Waals surface area contributed by atoms with Gasteiger partial charge in [-0.25, -0.2) is 14.9 Å². The van der Waals surface area contributed by atoms with Crippen molar-refractivity contribution in [1.29, 1.82) is 0 Å². The number of hydrogen-bond acceptors (Lipinski definition) is 5. The van der Waals surface area contributed by atoms with E-state index < -0.39 is 11.2 Å². The number of nitrogens with one attached hydrogen (secondary N) is 3. The number of aromatic amines is 2. The molecular weight excluding hydrogens is 222 g/mol. The zero-order valence-corrected chi connectivity index (χ0v) is 9.99. The van der Waals surface area contributed by atoms with Gasteiger partial charge in [0.25, 0.3) is 5.56 Å². The molecular formula is C10H17N5O2. The van der Waals surface area contributed by atoms with Crippen LogP contribution in [0.15, 0.2) is 9.59 Å². The van der Waals surface area contributed by atoms with Crippen molar-refractivity contribution in [3.63, 3.8) is 0 Å². The quantitative estimate of drug-likeness (QED) is 0.678. The molecule has 2 atom stereocenters. The van der Waals surface area contributed by atoms with Gasteiger partial charge in [0.2, 0.25) is 5.82 Å². The van der Waals surface area contributed by atoms with Crippen molar-refractivity contribution in [3.05, 3.63) is 20.8 Å². The highest BCUT2D eigenvalue weighted by atomic mass is 16.2. The Hall–Kier alpha value is -1.63. The van der Waals surface area contributed by atoms with Crippen molar-refractivity contribution in [2.24, 2.45) is 0 Å². The van der Waals surface area contributed by atoms with Gasteiger partial charge in [-0.15, -0.1) is 5.10 Å². The normalized spacial score (nSPS) is 25.8. The first kappa shape index (κ1) is 11.8. The molecule has 3 N–H and O–H groups in total. The number of rotatable bonds is 2. The first-order valence-corrected chi connectivity index (χ1v) is 5.82. The lowest BCUT2D eigenvalue weighted by molar-refractivity contribution is 0.134. The van der Waals surface area contributed by atoms with Crippen molar-refractivity contribution in [1.82, 2.24) is 20.2 Å². The van der Waals surface area contributed by atoms with Crippen LogP contribution in [0, 0.1) is 0 Å². The first-order valence-electron chi connectivity index (χ1n) is 5.82. The highest BCUT2D eigenvalue weighted by Crippen LogP contribution is 2.21. The molecule has 94 valence electrons. The standard InChI is InChI=1S/C10H17N5O2/c1-6-4-3-5-7(2)15(6)14-8-9(16)11-10(17)13-12-8/h6-7H,3-5H2,1-2H3,(H,12,14)(H2,11,13,16,17). The summed E-state index contributed by atoms with van der Waals surface area (Å²) < 4.78 is 0. The zero-order valence-electron chi connectivity index (χ0n) is 9.99. The molecule has 7 heteroatoms. The molecule has 7 nitrogen and oxygen atoms in total. The largest absolute Gasteiger partial charge is 0.342 e. The minimum Gasteiger partial charge on any atom is -0.297 e. The molecule has 1 aromatic heterocycles. The summed E-state index contributed by atoms with van der Waals surface area (Å²) >= 11 is 0. The molecule has 1 aromatic rings. The Kier molecular flexibility index (Phi) is 3.28. The lowest BCUT2D eigenvalue weighted by atomic mass is 10.00. The lowest BCUT2D eigenvalue weighted by Crippen LogP contribution is -2.48. The van der Waals surface area contributed by atoms with Crippen LogP contribution >= 0.6 is 0 Å². The van der Waals surface area contributed by atoms with E-state index in [1.807, 2.05) is 5.01 Å². The third kappa shape index (κ3) is 2.55. The van der Waals surface area contributed by atoms with E-state index >= 15 is 0 Å². The molecule has 1 aliphatic heterocycles. The fourth-order valence-corrected chi connectivity index (χ4v) is 2.19. The highest BCUT2D eigenvalue weighted by molar-refractivity contribution is 5.27. The maximum atomic E-state index is 11.5. The van der Waals surface area contributed by atoms with E-state index in [4.69, 9.17) is 0 Å². The maximum Gasteiger partial charge on any atom is 0.342 e. The molecule has 1 aliphatic rings. The van der Waals surface area contributed by atoms with Gasteiger partial charge in [-0.2, -0.15) is 0 Å². The number of anilines is 1. The maximum absolute atomic E-state index is 11.5. The van der Waals surface area contributed by atoms with Gasteiger partial charge in [-0.3, -0.25) is 15.2 Å². The smallest absolute Gasteiger partial charge is 0.297 e. The second-order valence-electron chi connectivity index (χ2n) is 4.50. The molecule has 0 saturated carbocycles. The highest BCUT2D eigenvalue weighted by Gasteiger charge is 2.25. The third-order valence-corrected chi connectivity index (χ3v) is 3.14. The number of hydrogen-bond donors (Lipinski definition) is 3. The SMILES string of the molecule is CC1CCCC(C)N1Nc1n[nH]c(=O)[nH]c1=O. The van der Waals surface area contributed by atoms with Gasteiger partial charge in [-0.1, -0.05) is 6.42 Å². The van der Waals surface area contributed by atoms with Crippen molar-refractivity contribution in [2.75, 3.05) is 5.43 Å². The number of nitrogens with zero attached hydrogens (tertiary/aromatic N) is 2.